The molecule has 0 atom stereocenters. The summed E-state index contributed by atoms with van der Waals surface area (Å²) >= 11 is 0. The maximum Gasteiger partial charge on any atom is 0.0332 e. The van der Waals surface area contributed by atoms with Crippen LogP contribution < -0.4 is 5.32 Å². The molecule has 1 N–H and O–H groups in total. The molecule has 94 valence electrons. The molecule has 0 saturated heterocycles. The topological polar surface area (TPSA) is 15.3 Å². The summed E-state index contributed by atoms with van der Waals surface area (Å²) in [4.78, 5) is 2.52. The summed E-state index contributed by atoms with van der Waals surface area (Å²) in [5.74, 6) is 0.741. The minimum Gasteiger partial charge on any atom is -0.318 e. The standard InChI is InChI=1S/C14H28N2/c1-12(2)10-13(3)6-9-16(5)14(7-8-14)11-15-4/h12,15H,3,6-11H2,1-2,4-5H3. The van der Waals surface area contributed by atoms with Crippen molar-refractivity contribution >= 4 is 0 Å². The first-order chi connectivity index (χ1) is 7.50. The SMILES string of the molecule is C=C(CCN(C)C1(CNC)CC1)CC(C)C. The third-order valence-electron chi connectivity index (χ3n) is 3.64. The minimum absolute atomic E-state index is 0.465. The van der Waals surface area contributed by atoms with Gasteiger partial charge in [0.1, 0.15) is 0 Å². The first kappa shape index (κ1) is 13.7. The third kappa shape index (κ3) is 3.91. The maximum atomic E-state index is 4.17. The van der Waals surface area contributed by atoms with Crippen LogP contribution in [0.2, 0.25) is 0 Å². The first-order valence-corrected chi connectivity index (χ1v) is 6.52. The zero-order valence-electron chi connectivity index (χ0n) is 11.5. The van der Waals surface area contributed by atoms with Crippen LogP contribution in [0.25, 0.3) is 0 Å². The van der Waals surface area contributed by atoms with E-state index in [9.17, 15) is 0 Å². The van der Waals surface area contributed by atoms with Crippen molar-refractivity contribution in [2.24, 2.45) is 5.92 Å². The molecule has 0 radical (unpaired) electrons. The molecule has 16 heavy (non-hydrogen) atoms. The van der Waals surface area contributed by atoms with E-state index in [0.29, 0.717) is 5.54 Å². The van der Waals surface area contributed by atoms with Crippen LogP contribution in [0.3, 0.4) is 0 Å². The Morgan fingerprint density at radius 1 is 1.44 bits per heavy atom. The summed E-state index contributed by atoms with van der Waals surface area (Å²) in [6, 6.07) is 0. The lowest BCUT2D eigenvalue weighted by Crippen LogP contribution is -2.41. The molecule has 2 heteroatoms. The molecule has 0 aromatic heterocycles. The molecule has 1 fully saturated rings. The number of likely N-dealkylation sites (N-methyl/N-ethyl adjacent to an activating group) is 2. The lowest BCUT2D eigenvalue weighted by molar-refractivity contribution is 0.220. The molecule has 1 saturated carbocycles. The molecule has 1 aliphatic rings. The fraction of sp³-hybridized carbons (Fsp3) is 0.857. The van der Waals surface area contributed by atoms with Gasteiger partial charge in [-0.1, -0.05) is 26.0 Å². The molecule has 1 rings (SSSR count). The lowest BCUT2D eigenvalue weighted by Gasteiger charge is -2.28. The Hall–Kier alpha value is -0.340. The zero-order valence-corrected chi connectivity index (χ0v) is 11.5. The van der Waals surface area contributed by atoms with Crippen molar-refractivity contribution in [3.8, 4) is 0 Å². The van der Waals surface area contributed by atoms with Gasteiger partial charge in [-0.3, -0.25) is 4.90 Å². The van der Waals surface area contributed by atoms with Gasteiger partial charge in [-0.15, -0.1) is 0 Å². The fourth-order valence-corrected chi connectivity index (χ4v) is 2.41. The van der Waals surface area contributed by atoms with Crippen molar-refractivity contribution in [3.05, 3.63) is 12.2 Å². The van der Waals surface area contributed by atoms with E-state index in [0.717, 1.165) is 25.4 Å². The molecule has 0 unspecified atom stereocenters. The number of hydrogen-bond donors (Lipinski definition) is 1. The summed E-state index contributed by atoms with van der Waals surface area (Å²) in [5, 5.41) is 3.31. The zero-order chi connectivity index (χ0) is 12.2. The normalized spacial score (nSPS) is 18.1. The summed E-state index contributed by atoms with van der Waals surface area (Å²) in [6.07, 6.45) is 5.02. The van der Waals surface area contributed by atoms with Crippen molar-refractivity contribution in [2.45, 2.75) is 45.1 Å². The monoisotopic (exact) mass is 224 g/mol. The van der Waals surface area contributed by atoms with E-state index < -0.39 is 0 Å². The molecule has 0 spiro atoms. The summed E-state index contributed by atoms with van der Waals surface area (Å²) in [6.45, 7) is 11.0. The molecule has 0 aromatic rings. The quantitative estimate of drug-likeness (QED) is 0.638. The van der Waals surface area contributed by atoms with Gasteiger partial charge in [-0.2, -0.15) is 0 Å². The highest BCUT2D eigenvalue weighted by atomic mass is 15.2. The average Bonchev–Trinajstić information content (AvgIpc) is 2.95. The summed E-state index contributed by atoms with van der Waals surface area (Å²) in [7, 11) is 4.30. The van der Waals surface area contributed by atoms with E-state index in [1.165, 1.54) is 24.8 Å². The largest absolute Gasteiger partial charge is 0.318 e. The number of nitrogens with one attached hydrogen (secondary N) is 1. The van der Waals surface area contributed by atoms with Crippen LogP contribution in [0, 0.1) is 5.92 Å². The molecule has 0 amide bonds. The molecule has 0 aliphatic heterocycles. The Balaban J connectivity index is 2.24. The van der Waals surface area contributed by atoms with E-state index in [1.54, 1.807) is 0 Å². The van der Waals surface area contributed by atoms with Crippen molar-refractivity contribution in [1.29, 1.82) is 0 Å². The Morgan fingerprint density at radius 2 is 2.06 bits per heavy atom. The predicted octanol–water partition coefficient (Wildman–Crippen LogP) is 2.66. The van der Waals surface area contributed by atoms with Gasteiger partial charge in [-0.05, 0) is 45.7 Å². The highest BCUT2D eigenvalue weighted by Gasteiger charge is 2.45. The van der Waals surface area contributed by atoms with E-state index in [2.05, 4.69) is 37.7 Å². The highest BCUT2D eigenvalue weighted by Crippen LogP contribution is 2.40. The van der Waals surface area contributed by atoms with Crippen LogP contribution >= 0.6 is 0 Å². The second-order valence-corrected chi connectivity index (χ2v) is 5.77. The number of nitrogens with zero attached hydrogens (tertiary/aromatic N) is 1. The van der Waals surface area contributed by atoms with E-state index in [4.69, 9.17) is 0 Å². The second-order valence-electron chi connectivity index (χ2n) is 5.77. The molecular formula is C14H28N2. The van der Waals surface area contributed by atoms with Gasteiger partial charge in [0.25, 0.3) is 0 Å². The Bertz CT molecular complexity index is 229. The maximum absolute atomic E-state index is 4.17. The molecule has 0 heterocycles. The number of rotatable bonds is 8. The van der Waals surface area contributed by atoms with Crippen LogP contribution in [-0.4, -0.2) is 37.6 Å². The predicted molar refractivity (Wildman–Crippen MR) is 71.7 cm³/mol. The van der Waals surface area contributed by atoms with Crippen molar-refractivity contribution in [3.63, 3.8) is 0 Å². The van der Waals surface area contributed by atoms with Crippen LogP contribution in [0.4, 0.5) is 0 Å². The Labute approximate surface area is 101 Å². The highest BCUT2D eigenvalue weighted by molar-refractivity contribution is 5.05. The smallest absolute Gasteiger partial charge is 0.0332 e. The van der Waals surface area contributed by atoms with Crippen LogP contribution in [0.15, 0.2) is 12.2 Å². The third-order valence-corrected chi connectivity index (χ3v) is 3.64. The molecule has 2 nitrogen and oxygen atoms in total. The average molecular weight is 224 g/mol. The van der Waals surface area contributed by atoms with Crippen LogP contribution in [-0.2, 0) is 0 Å². The molecular weight excluding hydrogens is 196 g/mol. The fourth-order valence-electron chi connectivity index (χ4n) is 2.41. The van der Waals surface area contributed by atoms with E-state index >= 15 is 0 Å². The van der Waals surface area contributed by atoms with E-state index in [1.807, 2.05) is 7.05 Å². The van der Waals surface area contributed by atoms with Gasteiger partial charge in [0.15, 0.2) is 0 Å². The Kier molecular flexibility index (Phi) is 5.00. The Morgan fingerprint density at radius 3 is 2.50 bits per heavy atom. The van der Waals surface area contributed by atoms with Gasteiger partial charge in [-0.25, -0.2) is 0 Å². The van der Waals surface area contributed by atoms with Crippen molar-refractivity contribution in [1.82, 2.24) is 10.2 Å². The van der Waals surface area contributed by atoms with Gasteiger partial charge in [0, 0.05) is 18.6 Å². The van der Waals surface area contributed by atoms with Gasteiger partial charge in [0.05, 0.1) is 0 Å². The first-order valence-electron chi connectivity index (χ1n) is 6.52. The van der Waals surface area contributed by atoms with Crippen molar-refractivity contribution < 1.29 is 0 Å². The summed E-state index contributed by atoms with van der Waals surface area (Å²) < 4.78 is 0. The van der Waals surface area contributed by atoms with Crippen molar-refractivity contribution in [2.75, 3.05) is 27.2 Å². The number of hydrogen-bond acceptors (Lipinski definition) is 2. The molecule has 1 aliphatic carbocycles. The van der Waals surface area contributed by atoms with Gasteiger partial charge < -0.3 is 5.32 Å². The van der Waals surface area contributed by atoms with Crippen LogP contribution in [0.5, 0.6) is 0 Å². The summed E-state index contributed by atoms with van der Waals surface area (Å²) in [5.41, 5.74) is 1.87. The minimum atomic E-state index is 0.465. The lowest BCUT2D eigenvalue weighted by atomic mass is 10.0. The second kappa shape index (κ2) is 5.83. The van der Waals surface area contributed by atoms with Crippen LogP contribution in [0.1, 0.15) is 39.5 Å². The van der Waals surface area contributed by atoms with E-state index in [-0.39, 0.29) is 0 Å². The molecule has 0 aromatic carbocycles. The van der Waals surface area contributed by atoms with Gasteiger partial charge in [0.2, 0.25) is 0 Å². The van der Waals surface area contributed by atoms with Gasteiger partial charge >= 0.3 is 0 Å². The molecule has 0 bridgehead atoms.